The zero-order valence-corrected chi connectivity index (χ0v) is 12.8. The van der Waals surface area contributed by atoms with E-state index in [4.69, 9.17) is 5.73 Å². The van der Waals surface area contributed by atoms with Gasteiger partial charge in [0.05, 0.1) is 5.69 Å². The summed E-state index contributed by atoms with van der Waals surface area (Å²) in [5.74, 6) is 0.546. The lowest BCUT2D eigenvalue weighted by molar-refractivity contribution is 0.655. The maximum absolute atomic E-state index is 5.99. The van der Waals surface area contributed by atoms with E-state index in [0.29, 0.717) is 5.82 Å². The number of anilines is 1. The summed E-state index contributed by atoms with van der Waals surface area (Å²) in [4.78, 5) is 0. The van der Waals surface area contributed by atoms with Crippen LogP contribution in [0.2, 0.25) is 0 Å². The van der Waals surface area contributed by atoms with E-state index in [9.17, 15) is 0 Å². The van der Waals surface area contributed by atoms with Crippen molar-refractivity contribution in [2.75, 3.05) is 5.73 Å². The Labute approximate surface area is 126 Å². The van der Waals surface area contributed by atoms with Crippen LogP contribution in [0.5, 0.6) is 0 Å². The quantitative estimate of drug-likeness (QED) is 0.755. The van der Waals surface area contributed by atoms with Gasteiger partial charge in [-0.3, -0.25) is 0 Å². The summed E-state index contributed by atoms with van der Waals surface area (Å²) in [6.07, 6.45) is 7.67. The van der Waals surface area contributed by atoms with Gasteiger partial charge in [-0.25, -0.2) is 0 Å². The minimum absolute atomic E-state index is 0.546. The van der Waals surface area contributed by atoms with Crippen molar-refractivity contribution in [2.24, 2.45) is 0 Å². The molecule has 2 aromatic rings. The number of nitrogen functional groups attached to an aromatic ring is 1. The van der Waals surface area contributed by atoms with E-state index in [-0.39, 0.29) is 0 Å². The molecule has 4 nitrogen and oxygen atoms in total. The lowest BCUT2D eigenvalue weighted by Gasteiger charge is -2.09. The van der Waals surface area contributed by atoms with Crippen LogP contribution in [-0.2, 0) is 19.3 Å². The smallest absolute Gasteiger partial charge is 0.152 e. The average Bonchev–Trinajstić information content (AvgIpc) is 2.52. The molecule has 112 valence electrons. The largest absolute Gasteiger partial charge is 0.382 e. The lowest BCUT2D eigenvalue weighted by Crippen LogP contribution is -2.09. The molecule has 0 fully saturated rings. The summed E-state index contributed by atoms with van der Waals surface area (Å²) < 4.78 is 0. The summed E-state index contributed by atoms with van der Waals surface area (Å²) in [5, 5.41) is 11.9. The first-order valence-corrected chi connectivity index (χ1v) is 7.81. The van der Waals surface area contributed by atoms with Crippen molar-refractivity contribution in [1.29, 1.82) is 0 Å². The molecule has 0 bridgehead atoms. The molecule has 1 aromatic carbocycles. The maximum atomic E-state index is 5.99. The second-order valence-electron chi connectivity index (χ2n) is 5.40. The Morgan fingerprint density at radius 2 is 1.71 bits per heavy atom. The van der Waals surface area contributed by atoms with E-state index < -0.39 is 0 Å². The van der Waals surface area contributed by atoms with Gasteiger partial charge in [0, 0.05) is 5.56 Å². The van der Waals surface area contributed by atoms with Crippen LogP contribution in [0, 0.1) is 0 Å². The van der Waals surface area contributed by atoms with E-state index in [0.717, 1.165) is 36.9 Å². The molecule has 0 amide bonds. The van der Waals surface area contributed by atoms with E-state index in [1.54, 1.807) is 0 Å². The Bertz CT molecular complexity index is 540. The fourth-order valence-electron chi connectivity index (χ4n) is 2.50. The van der Waals surface area contributed by atoms with Crippen molar-refractivity contribution in [3.8, 4) is 0 Å². The van der Waals surface area contributed by atoms with Gasteiger partial charge in [0.15, 0.2) is 5.82 Å². The number of benzene rings is 1. The Morgan fingerprint density at radius 3 is 2.48 bits per heavy atom. The Hall–Kier alpha value is -1.97. The summed E-state index contributed by atoms with van der Waals surface area (Å²) >= 11 is 0. The molecule has 0 aliphatic rings. The monoisotopic (exact) mass is 284 g/mol. The molecule has 0 aliphatic heterocycles. The normalized spacial score (nSPS) is 10.7. The summed E-state index contributed by atoms with van der Waals surface area (Å²) in [7, 11) is 0. The van der Waals surface area contributed by atoms with E-state index in [1.165, 1.54) is 24.8 Å². The van der Waals surface area contributed by atoms with Crippen LogP contribution < -0.4 is 5.73 Å². The highest BCUT2D eigenvalue weighted by molar-refractivity contribution is 5.40. The molecule has 21 heavy (non-hydrogen) atoms. The maximum Gasteiger partial charge on any atom is 0.152 e. The Balaban J connectivity index is 1.99. The second kappa shape index (κ2) is 8.35. The van der Waals surface area contributed by atoms with Gasteiger partial charge in [0.25, 0.3) is 0 Å². The van der Waals surface area contributed by atoms with Crippen LogP contribution in [-0.4, -0.2) is 15.4 Å². The Kier molecular flexibility index (Phi) is 6.13. The molecule has 0 spiro atoms. The van der Waals surface area contributed by atoms with Crippen molar-refractivity contribution in [3.05, 3.63) is 47.2 Å². The SMILES string of the molecule is CCCCCCc1c(N)nnnc1CCc1ccccc1. The van der Waals surface area contributed by atoms with Gasteiger partial charge >= 0.3 is 0 Å². The third kappa shape index (κ3) is 4.81. The van der Waals surface area contributed by atoms with Crippen LogP contribution >= 0.6 is 0 Å². The summed E-state index contributed by atoms with van der Waals surface area (Å²) in [5.41, 5.74) is 9.40. The molecular formula is C17H24N4. The molecule has 0 atom stereocenters. The molecule has 2 N–H and O–H groups in total. The van der Waals surface area contributed by atoms with E-state index in [2.05, 4.69) is 46.6 Å². The molecular weight excluding hydrogens is 260 g/mol. The second-order valence-corrected chi connectivity index (χ2v) is 5.40. The van der Waals surface area contributed by atoms with Gasteiger partial charge in [-0.05, 0) is 36.5 Å². The number of hydrogen-bond acceptors (Lipinski definition) is 4. The third-order valence-electron chi connectivity index (χ3n) is 3.75. The van der Waals surface area contributed by atoms with Gasteiger partial charge in [-0.1, -0.05) is 56.5 Å². The highest BCUT2D eigenvalue weighted by Crippen LogP contribution is 2.17. The summed E-state index contributed by atoms with van der Waals surface area (Å²) in [6.45, 7) is 2.22. The van der Waals surface area contributed by atoms with Gasteiger partial charge in [0.2, 0.25) is 0 Å². The van der Waals surface area contributed by atoms with E-state index in [1.807, 2.05) is 6.07 Å². The molecule has 1 aromatic heterocycles. The average molecular weight is 284 g/mol. The first kappa shape index (κ1) is 15.4. The standard InChI is InChI=1S/C17H24N4/c1-2-3-4-8-11-15-16(19-21-20-17(15)18)13-12-14-9-6-5-7-10-14/h5-7,9-10H,2-4,8,11-13H2,1H3,(H2,18,19,20). The highest BCUT2D eigenvalue weighted by atomic mass is 15.3. The highest BCUT2D eigenvalue weighted by Gasteiger charge is 2.10. The van der Waals surface area contributed by atoms with Crippen molar-refractivity contribution in [1.82, 2.24) is 15.4 Å². The minimum Gasteiger partial charge on any atom is -0.382 e. The predicted octanol–water partition coefficient (Wildman–Crippen LogP) is 3.36. The molecule has 0 saturated carbocycles. The number of rotatable bonds is 8. The minimum atomic E-state index is 0.546. The number of aryl methyl sites for hydroxylation is 2. The fourth-order valence-corrected chi connectivity index (χ4v) is 2.50. The van der Waals surface area contributed by atoms with E-state index >= 15 is 0 Å². The van der Waals surface area contributed by atoms with Crippen LogP contribution in [0.25, 0.3) is 0 Å². The van der Waals surface area contributed by atoms with Gasteiger partial charge in [-0.15, -0.1) is 10.2 Å². The molecule has 2 rings (SSSR count). The number of unbranched alkanes of at least 4 members (excludes halogenated alkanes) is 3. The number of hydrogen-bond donors (Lipinski definition) is 1. The van der Waals surface area contributed by atoms with Crippen molar-refractivity contribution in [2.45, 2.75) is 51.9 Å². The van der Waals surface area contributed by atoms with Crippen LogP contribution in [0.4, 0.5) is 5.82 Å². The molecule has 0 unspecified atom stereocenters. The Morgan fingerprint density at radius 1 is 0.905 bits per heavy atom. The lowest BCUT2D eigenvalue weighted by atomic mass is 10.0. The van der Waals surface area contributed by atoms with Crippen molar-refractivity contribution >= 4 is 5.82 Å². The zero-order chi connectivity index (χ0) is 14.9. The van der Waals surface area contributed by atoms with Crippen LogP contribution in [0.1, 0.15) is 49.4 Å². The molecule has 0 saturated heterocycles. The summed E-state index contributed by atoms with van der Waals surface area (Å²) in [6, 6.07) is 10.4. The van der Waals surface area contributed by atoms with Crippen LogP contribution in [0.3, 0.4) is 0 Å². The van der Waals surface area contributed by atoms with Gasteiger partial charge in [0.1, 0.15) is 0 Å². The topological polar surface area (TPSA) is 64.7 Å². The van der Waals surface area contributed by atoms with Crippen molar-refractivity contribution in [3.63, 3.8) is 0 Å². The number of nitrogens with zero attached hydrogens (tertiary/aromatic N) is 3. The van der Waals surface area contributed by atoms with Crippen molar-refractivity contribution < 1.29 is 0 Å². The third-order valence-corrected chi connectivity index (χ3v) is 3.75. The molecule has 0 aliphatic carbocycles. The first-order chi connectivity index (χ1) is 10.3. The number of aromatic nitrogens is 3. The molecule has 1 heterocycles. The van der Waals surface area contributed by atoms with Gasteiger partial charge < -0.3 is 5.73 Å². The molecule has 0 radical (unpaired) electrons. The first-order valence-electron chi connectivity index (χ1n) is 7.81. The van der Waals surface area contributed by atoms with Gasteiger partial charge in [-0.2, -0.15) is 0 Å². The number of nitrogens with two attached hydrogens (primary N) is 1. The fraction of sp³-hybridized carbons (Fsp3) is 0.471. The predicted molar refractivity (Wildman–Crippen MR) is 85.9 cm³/mol. The molecule has 4 heteroatoms. The van der Waals surface area contributed by atoms with Crippen LogP contribution in [0.15, 0.2) is 30.3 Å². The zero-order valence-electron chi connectivity index (χ0n) is 12.8.